The summed E-state index contributed by atoms with van der Waals surface area (Å²) in [5.41, 5.74) is -0.294. The van der Waals surface area contributed by atoms with Crippen molar-refractivity contribution in [3.63, 3.8) is 0 Å². The van der Waals surface area contributed by atoms with E-state index < -0.39 is 17.6 Å². The standard InChI is InChI=1S/C13H13NO5/c1-13(12(15)16-2)11(17-6-14-13)8-3-4-9-10(5-8)19-7-18-9/h3-6,11H,7H2,1-2H3/t11-,13-/m1/s1. The Hall–Kier alpha value is -2.24. The van der Waals surface area contributed by atoms with Crippen molar-refractivity contribution in [2.24, 2.45) is 4.99 Å². The van der Waals surface area contributed by atoms with Gasteiger partial charge in [-0.1, -0.05) is 6.07 Å². The summed E-state index contributed by atoms with van der Waals surface area (Å²) >= 11 is 0. The number of hydrogen-bond donors (Lipinski definition) is 0. The van der Waals surface area contributed by atoms with Gasteiger partial charge in [-0.2, -0.15) is 0 Å². The Morgan fingerprint density at radius 1 is 1.42 bits per heavy atom. The molecule has 0 aliphatic carbocycles. The number of methoxy groups -OCH3 is 1. The van der Waals surface area contributed by atoms with Gasteiger partial charge < -0.3 is 18.9 Å². The fraction of sp³-hybridized carbons (Fsp3) is 0.385. The second kappa shape index (κ2) is 4.15. The van der Waals surface area contributed by atoms with Crippen molar-refractivity contribution in [2.45, 2.75) is 18.6 Å². The number of carbonyl (C=O) groups excluding carboxylic acids is 1. The third kappa shape index (κ3) is 1.71. The van der Waals surface area contributed by atoms with Gasteiger partial charge in [-0.15, -0.1) is 0 Å². The number of ether oxygens (including phenoxy) is 4. The summed E-state index contributed by atoms with van der Waals surface area (Å²) in [5, 5.41) is 0. The van der Waals surface area contributed by atoms with E-state index in [0.29, 0.717) is 11.5 Å². The van der Waals surface area contributed by atoms with Crippen molar-refractivity contribution < 1.29 is 23.7 Å². The number of rotatable bonds is 2. The Morgan fingerprint density at radius 2 is 2.21 bits per heavy atom. The molecule has 1 aromatic carbocycles. The van der Waals surface area contributed by atoms with Crippen LogP contribution in [-0.2, 0) is 14.3 Å². The van der Waals surface area contributed by atoms with Crippen LogP contribution in [0, 0.1) is 0 Å². The third-order valence-corrected chi connectivity index (χ3v) is 3.33. The molecule has 0 spiro atoms. The number of benzene rings is 1. The van der Waals surface area contributed by atoms with Crippen LogP contribution in [0.1, 0.15) is 18.6 Å². The number of fused-ring (bicyclic) bond motifs is 1. The average molecular weight is 263 g/mol. The zero-order chi connectivity index (χ0) is 13.5. The molecule has 0 radical (unpaired) electrons. The molecule has 2 aliphatic rings. The minimum absolute atomic E-state index is 0.203. The first kappa shape index (κ1) is 11.8. The Labute approximate surface area is 109 Å². The Bertz CT molecular complexity index is 556. The summed E-state index contributed by atoms with van der Waals surface area (Å²) in [4.78, 5) is 16.0. The molecule has 0 N–H and O–H groups in total. The highest BCUT2D eigenvalue weighted by Gasteiger charge is 2.48. The molecule has 0 amide bonds. The topological polar surface area (TPSA) is 66.4 Å². The van der Waals surface area contributed by atoms with Crippen molar-refractivity contribution in [1.82, 2.24) is 0 Å². The molecule has 0 saturated carbocycles. The van der Waals surface area contributed by atoms with Crippen LogP contribution < -0.4 is 9.47 Å². The zero-order valence-electron chi connectivity index (χ0n) is 10.6. The normalized spacial score (nSPS) is 27.2. The monoisotopic (exact) mass is 263 g/mol. The highest BCUT2D eigenvalue weighted by molar-refractivity contribution is 5.84. The zero-order valence-corrected chi connectivity index (χ0v) is 10.6. The first-order valence-electron chi connectivity index (χ1n) is 5.82. The second-order valence-electron chi connectivity index (χ2n) is 4.50. The molecule has 0 bridgehead atoms. The molecule has 0 unspecified atom stereocenters. The lowest BCUT2D eigenvalue weighted by molar-refractivity contribution is -0.149. The van der Waals surface area contributed by atoms with Crippen LogP contribution in [0.3, 0.4) is 0 Å². The van der Waals surface area contributed by atoms with Crippen molar-refractivity contribution in [3.8, 4) is 11.5 Å². The van der Waals surface area contributed by atoms with E-state index in [0.717, 1.165) is 5.56 Å². The SMILES string of the molecule is COC(=O)[C@]1(C)N=CO[C@@H]1c1ccc2c(c1)OCO2. The van der Waals surface area contributed by atoms with Crippen molar-refractivity contribution in [3.05, 3.63) is 23.8 Å². The molecule has 3 rings (SSSR count). The molecule has 0 fully saturated rings. The molecular formula is C13H13NO5. The van der Waals surface area contributed by atoms with Gasteiger partial charge in [0.05, 0.1) is 7.11 Å². The average Bonchev–Trinajstić information content (AvgIpc) is 3.03. The fourth-order valence-corrected chi connectivity index (χ4v) is 2.25. The summed E-state index contributed by atoms with van der Waals surface area (Å²) in [6.45, 7) is 1.88. The molecule has 100 valence electrons. The van der Waals surface area contributed by atoms with E-state index in [1.165, 1.54) is 13.5 Å². The molecule has 2 atom stereocenters. The van der Waals surface area contributed by atoms with Gasteiger partial charge in [0.15, 0.2) is 29.5 Å². The van der Waals surface area contributed by atoms with Crippen LogP contribution in [0.5, 0.6) is 11.5 Å². The van der Waals surface area contributed by atoms with Gasteiger partial charge in [-0.05, 0) is 24.6 Å². The number of nitrogens with zero attached hydrogens (tertiary/aromatic N) is 1. The van der Waals surface area contributed by atoms with E-state index in [1.807, 2.05) is 6.07 Å². The quantitative estimate of drug-likeness (QED) is 0.755. The van der Waals surface area contributed by atoms with Crippen molar-refractivity contribution in [1.29, 1.82) is 0 Å². The predicted octanol–water partition coefficient (Wildman–Crippen LogP) is 1.45. The van der Waals surface area contributed by atoms with Gasteiger partial charge in [0.2, 0.25) is 6.79 Å². The number of aliphatic imine (C=N–C) groups is 1. The van der Waals surface area contributed by atoms with Gasteiger partial charge in [-0.3, -0.25) is 0 Å². The summed E-state index contributed by atoms with van der Waals surface area (Å²) in [7, 11) is 1.33. The minimum Gasteiger partial charge on any atom is -0.472 e. The maximum atomic E-state index is 11.9. The molecule has 0 aromatic heterocycles. The first-order chi connectivity index (χ1) is 9.15. The van der Waals surface area contributed by atoms with Crippen LogP contribution in [-0.4, -0.2) is 31.8 Å². The van der Waals surface area contributed by atoms with Crippen LogP contribution in [0.2, 0.25) is 0 Å². The maximum absolute atomic E-state index is 11.9. The summed E-state index contributed by atoms with van der Waals surface area (Å²) in [5.74, 6) is 0.881. The highest BCUT2D eigenvalue weighted by atomic mass is 16.7. The van der Waals surface area contributed by atoms with Gasteiger partial charge >= 0.3 is 5.97 Å². The molecule has 1 aromatic rings. The maximum Gasteiger partial charge on any atom is 0.337 e. The third-order valence-electron chi connectivity index (χ3n) is 3.33. The Balaban J connectivity index is 1.96. The number of esters is 1. The highest BCUT2D eigenvalue weighted by Crippen LogP contribution is 2.41. The van der Waals surface area contributed by atoms with Crippen LogP contribution in [0.4, 0.5) is 0 Å². The van der Waals surface area contributed by atoms with E-state index in [2.05, 4.69) is 4.99 Å². The van der Waals surface area contributed by atoms with Crippen LogP contribution in [0.25, 0.3) is 0 Å². The molecule has 6 heteroatoms. The molecular weight excluding hydrogens is 250 g/mol. The van der Waals surface area contributed by atoms with E-state index in [4.69, 9.17) is 18.9 Å². The largest absolute Gasteiger partial charge is 0.472 e. The lowest BCUT2D eigenvalue weighted by Crippen LogP contribution is -2.38. The van der Waals surface area contributed by atoms with E-state index in [9.17, 15) is 4.79 Å². The molecule has 6 nitrogen and oxygen atoms in total. The molecule has 2 heterocycles. The van der Waals surface area contributed by atoms with Gasteiger partial charge in [0, 0.05) is 0 Å². The van der Waals surface area contributed by atoms with Crippen LogP contribution >= 0.6 is 0 Å². The molecule has 0 saturated heterocycles. The Morgan fingerprint density at radius 3 is 3.00 bits per heavy atom. The lowest BCUT2D eigenvalue weighted by atomic mass is 9.90. The molecule has 2 aliphatic heterocycles. The first-order valence-corrected chi connectivity index (χ1v) is 5.82. The smallest absolute Gasteiger partial charge is 0.337 e. The Kier molecular flexibility index (Phi) is 2.58. The second-order valence-corrected chi connectivity index (χ2v) is 4.50. The van der Waals surface area contributed by atoms with Crippen molar-refractivity contribution in [2.75, 3.05) is 13.9 Å². The number of carbonyl (C=O) groups is 1. The fourth-order valence-electron chi connectivity index (χ4n) is 2.25. The number of hydrogen-bond acceptors (Lipinski definition) is 6. The lowest BCUT2D eigenvalue weighted by Gasteiger charge is -2.25. The van der Waals surface area contributed by atoms with Gasteiger partial charge in [0.1, 0.15) is 0 Å². The van der Waals surface area contributed by atoms with E-state index in [-0.39, 0.29) is 6.79 Å². The van der Waals surface area contributed by atoms with Gasteiger partial charge in [0.25, 0.3) is 0 Å². The minimum atomic E-state index is -1.08. The van der Waals surface area contributed by atoms with Gasteiger partial charge in [-0.25, -0.2) is 9.79 Å². The summed E-state index contributed by atoms with van der Waals surface area (Å²) in [6.07, 6.45) is 0.751. The van der Waals surface area contributed by atoms with E-state index in [1.54, 1.807) is 19.1 Å². The van der Waals surface area contributed by atoms with Crippen molar-refractivity contribution >= 4 is 12.4 Å². The summed E-state index contributed by atoms with van der Waals surface area (Å²) < 4.78 is 20.8. The molecule has 19 heavy (non-hydrogen) atoms. The van der Waals surface area contributed by atoms with Crippen LogP contribution in [0.15, 0.2) is 23.2 Å². The predicted molar refractivity (Wildman–Crippen MR) is 65.3 cm³/mol. The van der Waals surface area contributed by atoms with E-state index >= 15 is 0 Å². The summed E-state index contributed by atoms with van der Waals surface area (Å²) in [6, 6.07) is 5.41.